The van der Waals surface area contributed by atoms with E-state index in [1.165, 1.54) is 0 Å². The standard InChI is InChI=1S/C18H34O5P/c1-7-9-11-13-15(19)17(3,4)22-24(21)23-18(5,6)16(20)14-12-10-8-2/h7-14H2,1-6H3/q+1. The van der Waals surface area contributed by atoms with Crippen molar-refractivity contribution in [1.82, 2.24) is 0 Å². The Balaban J connectivity index is 4.52. The lowest BCUT2D eigenvalue weighted by atomic mass is 9.99. The van der Waals surface area contributed by atoms with Gasteiger partial charge < -0.3 is 0 Å². The topological polar surface area (TPSA) is 69.7 Å². The first-order chi connectivity index (χ1) is 11.1. The highest BCUT2D eigenvalue weighted by Gasteiger charge is 2.45. The molecular weight excluding hydrogens is 327 g/mol. The molecule has 0 radical (unpaired) electrons. The zero-order valence-corrected chi connectivity index (χ0v) is 17.0. The molecule has 6 heteroatoms. The molecule has 0 atom stereocenters. The predicted octanol–water partition coefficient (Wildman–Crippen LogP) is 5.53. The fourth-order valence-corrected chi connectivity index (χ4v) is 3.15. The minimum Gasteiger partial charge on any atom is -0.296 e. The molecule has 0 aliphatic carbocycles. The van der Waals surface area contributed by atoms with Crippen LogP contribution in [0, 0.1) is 0 Å². The van der Waals surface area contributed by atoms with Gasteiger partial charge in [-0.3, -0.25) is 9.59 Å². The van der Waals surface area contributed by atoms with Gasteiger partial charge in [-0.1, -0.05) is 39.5 Å². The van der Waals surface area contributed by atoms with E-state index >= 15 is 0 Å². The summed E-state index contributed by atoms with van der Waals surface area (Å²) in [5.41, 5.74) is -2.36. The summed E-state index contributed by atoms with van der Waals surface area (Å²) in [5, 5.41) is 0. The Labute approximate surface area is 147 Å². The highest BCUT2D eigenvalue weighted by Crippen LogP contribution is 2.37. The first-order valence-corrected chi connectivity index (χ1v) is 10.1. The van der Waals surface area contributed by atoms with Gasteiger partial charge in [0, 0.05) is 17.4 Å². The summed E-state index contributed by atoms with van der Waals surface area (Å²) >= 11 is 0. The Bertz CT molecular complexity index is 391. The fraction of sp³-hybridized carbons (Fsp3) is 0.889. The molecule has 0 heterocycles. The number of Topliss-reactive ketones (excluding diaryl/α,β-unsaturated/α-hetero) is 2. The van der Waals surface area contributed by atoms with Crippen molar-refractivity contribution in [2.75, 3.05) is 0 Å². The Morgan fingerprint density at radius 3 is 1.38 bits per heavy atom. The quantitative estimate of drug-likeness (QED) is 0.300. The molecule has 0 aromatic rings. The van der Waals surface area contributed by atoms with Crippen molar-refractivity contribution >= 4 is 19.8 Å². The molecule has 24 heavy (non-hydrogen) atoms. The van der Waals surface area contributed by atoms with Crippen LogP contribution in [0.1, 0.15) is 92.9 Å². The van der Waals surface area contributed by atoms with Gasteiger partial charge in [0.2, 0.25) is 0 Å². The molecule has 0 spiro atoms. The van der Waals surface area contributed by atoms with Crippen molar-refractivity contribution in [2.24, 2.45) is 0 Å². The second-order valence-corrected chi connectivity index (χ2v) is 8.00. The van der Waals surface area contributed by atoms with Gasteiger partial charge in [0.1, 0.15) is 0 Å². The summed E-state index contributed by atoms with van der Waals surface area (Å²) in [4.78, 5) is 24.3. The van der Waals surface area contributed by atoms with Gasteiger partial charge in [0.15, 0.2) is 22.8 Å². The number of carbonyl (C=O) groups excluding carboxylic acids is 2. The molecule has 0 N–H and O–H groups in total. The van der Waals surface area contributed by atoms with Gasteiger partial charge in [-0.25, -0.2) is 0 Å². The van der Waals surface area contributed by atoms with E-state index in [4.69, 9.17) is 9.05 Å². The molecule has 0 aromatic carbocycles. The molecule has 0 aliphatic heterocycles. The number of hydrogen-bond donors (Lipinski definition) is 0. The SMILES string of the molecule is CCCCCC(=O)C(C)(C)O[P+](=O)OC(C)(C)C(=O)CCCCC. The summed E-state index contributed by atoms with van der Waals surface area (Å²) in [5.74, 6) is -0.204. The van der Waals surface area contributed by atoms with Gasteiger partial charge in [0.25, 0.3) is 0 Å². The molecule has 0 saturated carbocycles. The van der Waals surface area contributed by atoms with Crippen LogP contribution in [-0.4, -0.2) is 22.8 Å². The summed E-state index contributed by atoms with van der Waals surface area (Å²) in [6.07, 6.45) is 6.38. The molecule has 0 saturated heterocycles. The fourth-order valence-electron chi connectivity index (χ4n) is 2.17. The lowest BCUT2D eigenvalue weighted by molar-refractivity contribution is -0.135. The van der Waals surface area contributed by atoms with Crippen molar-refractivity contribution in [3.05, 3.63) is 0 Å². The number of rotatable bonds is 14. The molecule has 0 aliphatic rings. The number of hydrogen-bond acceptors (Lipinski definition) is 5. The van der Waals surface area contributed by atoms with E-state index in [2.05, 4.69) is 13.8 Å². The molecule has 0 fully saturated rings. The van der Waals surface area contributed by atoms with Crippen LogP contribution in [0.2, 0.25) is 0 Å². The van der Waals surface area contributed by atoms with E-state index in [1.54, 1.807) is 27.7 Å². The lowest BCUT2D eigenvalue weighted by Gasteiger charge is -2.19. The molecule has 0 rings (SSSR count). The summed E-state index contributed by atoms with van der Waals surface area (Å²) < 4.78 is 22.8. The van der Waals surface area contributed by atoms with Gasteiger partial charge in [-0.2, -0.15) is 0 Å². The number of unbranched alkanes of at least 4 members (excludes halogenated alkanes) is 4. The van der Waals surface area contributed by atoms with Crippen molar-refractivity contribution in [3.63, 3.8) is 0 Å². The molecule has 0 bridgehead atoms. The molecule has 5 nitrogen and oxygen atoms in total. The minimum absolute atomic E-state index is 0.102. The van der Waals surface area contributed by atoms with Gasteiger partial charge in [-0.15, -0.1) is 9.05 Å². The maximum absolute atomic E-state index is 12.2. The van der Waals surface area contributed by atoms with Crippen LogP contribution in [0.5, 0.6) is 0 Å². The van der Waals surface area contributed by atoms with Crippen molar-refractivity contribution < 1.29 is 23.2 Å². The molecule has 0 aromatic heterocycles. The first kappa shape index (κ1) is 23.4. The third-order valence-electron chi connectivity index (χ3n) is 3.96. The maximum atomic E-state index is 12.2. The second-order valence-electron chi connectivity index (χ2n) is 7.19. The average Bonchev–Trinajstić information content (AvgIpc) is 2.46. The number of ketones is 2. The Hall–Kier alpha value is -0.640. The summed E-state index contributed by atoms with van der Waals surface area (Å²) in [7, 11) is -2.55. The zero-order valence-electron chi connectivity index (χ0n) is 16.1. The lowest BCUT2D eigenvalue weighted by Crippen LogP contribution is -2.36. The highest BCUT2D eigenvalue weighted by molar-refractivity contribution is 7.33. The van der Waals surface area contributed by atoms with Gasteiger partial charge in [0.05, 0.1) is 0 Å². The van der Waals surface area contributed by atoms with E-state index < -0.39 is 19.5 Å². The van der Waals surface area contributed by atoms with Crippen LogP contribution in [0.4, 0.5) is 0 Å². The van der Waals surface area contributed by atoms with E-state index in [1.807, 2.05) is 0 Å². The van der Waals surface area contributed by atoms with Gasteiger partial charge in [-0.05, 0) is 40.5 Å². The Morgan fingerprint density at radius 1 is 0.750 bits per heavy atom. The monoisotopic (exact) mass is 361 g/mol. The zero-order chi connectivity index (χ0) is 18.8. The van der Waals surface area contributed by atoms with E-state index in [0.29, 0.717) is 12.8 Å². The highest BCUT2D eigenvalue weighted by atomic mass is 31.1. The predicted molar refractivity (Wildman–Crippen MR) is 96.2 cm³/mol. The number of carbonyl (C=O) groups is 2. The van der Waals surface area contributed by atoms with Crippen LogP contribution in [0.25, 0.3) is 0 Å². The van der Waals surface area contributed by atoms with E-state index in [0.717, 1.165) is 38.5 Å². The van der Waals surface area contributed by atoms with Crippen LogP contribution in [-0.2, 0) is 23.2 Å². The van der Waals surface area contributed by atoms with Crippen LogP contribution in [0.3, 0.4) is 0 Å². The normalized spacial score (nSPS) is 12.2. The Morgan fingerprint density at radius 2 is 1.08 bits per heavy atom. The first-order valence-electron chi connectivity index (χ1n) is 8.99. The van der Waals surface area contributed by atoms with Crippen molar-refractivity contribution in [1.29, 1.82) is 0 Å². The van der Waals surface area contributed by atoms with Crippen LogP contribution in [0.15, 0.2) is 0 Å². The van der Waals surface area contributed by atoms with Gasteiger partial charge >= 0.3 is 8.25 Å². The second kappa shape index (κ2) is 11.1. The average molecular weight is 361 g/mol. The largest absolute Gasteiger partial charge is 0.699 e. The molecule has 0 amide bonds. The molecule has 140 valence electrons. The summed E-state index contributed by atoms with van der Waals surface area (Å²) in [6, 6.07) is 0. The maximum Gasteiger partial charge on any atom is 0.699 e. The van der Waals surface area contributed by atoms with Crippen LogP contribution < -0.4 is 0 Å². The van der Waals surface area contributed by atoms with E-state index in [9.17, 15) is 14.2 Å². The Kier molecular flexibility index (Phi) is 10.8. The van der Waals surface area contributed by atoms with Crippen molar-refractivity contribution in [3.8, 4) is 0 Å². The third kappa shape index (κ3) is 9.00. The third-order valence-corrected chi connectivity index (χ3v) is 5.17. The summed E-state index contributed by atoms with van der Waals surface area (Å²) in [6.45, 7) is 10.5. The minimum atomic E-state index is -2.55. The van der Waals surface area contributed by atoms with E-state index in [-0.39, 0.29) is 11.6 Å². The molecular formula is C18H34O5P+. The van der Waals surface area contributed by atoms with Crippen molar-refractivity contribution in [2.45, 2.75) is 104 Å². The molecule has 0 unspecified atom stereocenters. The smallest absolute Gasteiger partial charge is 0.296 e. The van der Waals surface area contributed by atoms with Crippen LogP contribution >= 0.6 is 8.25 Å².